The maximum Gasteiger partial charge on any atom is 0.134 e. The second-order valence-corrected chi connectivity index (χ2v) is 10.7. The van der Waals surface area contributed by atoms with Gasteiger partial charge in [-0.2, -0.15) is 5.11 Å². The van der Waals surface area contributed by atoms with Crippen LogP contribution in [0.5, 0.6) is 0 Å². The van der Waals surface area contributed by atoms with Crippen LogP contribution in [0, 0.1) is 5.92 Å². The third kappa shape index (κ3) is 5.59. The second-order valence-electron chi connectivity index (χ2n) is 9.53. The lowest BCUT2D eigenvalue weighted by Gasteiger charge is -2.35. The molecule has 1 aliphatic heterocycles. The van der Waals surface area contributed by atoms with Gasteiger partial charge >= 0.3 is 0 Å². The van der Waals surface area contributed by atoms with Crippen molar-refractivity contribution in [3.8, 4) is 10.4 Å². The predicted octanol–water partition coefficient (Wildman–Crippen LogP) is 7.80. The van der Waals surface area contributed by atoms with Crippen molar-refractivity contribution in [2.75, 3.05) is 25.0 Å². The number of piperidine rings is 1. The lowest BCUT2D eigenvalue weighted by Crippen LogP contribution is -2.34. The van der Waals surface area contributed by atoms with Crippen molar-refractivity contribution >= 4 is 17.2 Å². The Balaban J connectivity index is 0.00000204. The van der Waals surface area contributed by atoms with Gasteiger partial charge in [-0.3, -0.25) is 5.43 Å². The average Bonchev–Trinajstić information content (AvgIpc) is 3.16. The molecule has 1 saturated heterocycles. The molecule has 3 heterocycles. The lowest BCUT2D eigenvalue weighted by molar-refractivity contribution is 0.409. The molecule has 0 amide bonds. The molecule has 1 atom stereocenters. The fourth-order valence-electron chi connectivity index (χ4n) is 5.21. The van der Waals surface area contributed by atoms with Crippen LogP contribution in [0.25, 0.3) is 10.4 Å². The minimum atomic E-state index is 0. The van der Waals surface area contributed by atoms with Gasteiger partial charge in [0.1, 0.15) is 5.82 Å². The monoisotopic (exact) mass is 471 g/mol. The van der Waals surface area contributed by atoms with E-state index in [1.165, 1.54) is 76.5 Å². The lowest BCUT2D eigenvalue weighted by atomic mass is 9.87. The highest BCUT2D eigenvalue weighted by molar-refractivity contribution is 7.15. The van der Waals surface area contributed by atoms with E-state index in [2.05, 4.69) is 53.6 Å². The van der Waals surface area contributed by atoms with Crippen molar-refractivity contribution in [2.24, 2.45) is 16.3 Å². The molecule has 2 aliphatic rings. The van der Waals surface area contributed by atoms with Gasteiger partial charge in [0.2, 0.25) is 0 Å². The molecule has 0 bridgehead atoms. The predicted molar refractivity (Wildman–Crippen MR) is 145 cm³/mol. The third-order valence-corrected chi connectivity index (χ3v) is 8.18. The van der Waals surface area contributed by atoms with Crippen LogP contribution < -0.4 is 10.3 Å². The summed E-state index contributed by atoms with van der Waals surface area (Å²) in [6, 6.07) is 4.75. The fourth-order valence-corrected chi connectivity index (χ4v) is 6.25. The SMILES string of the molecule is C.CCc1ccc(-c2c3c(nc(N4CCCCC4)c2C(NN=NC)C(C)C)CCCCC3)s1.[HH]. The summed E-state index contributed by atoms with van der Waals surface area (Å²) in [6.45, 7) is 9.02. The van der Waals surface area contributed by atoms with Gasteiger partial charge in [0.25, 0.3) is 0 Å². The highest BCUT2D eigenvalue weighted by Crippen LogP contribution is 2.45. The molecule has 5 nitrogen and oxygen atoms in total. The number of pyridine rings is 1. The van der Waals surface area contributed by atoms with Crippen molar-refractivity contribution in [2.45, 2.75) is 92.0 Å². The number of thiophene rings is 1. The molecule has 2 aromatic heterocycles. The Bertz CT molecular complexity index is 933. The summed E-state index contributed by atoms with van der Waals surface area (Å²) in [5.41, 5.74) is 9.04. The molecule has 33 heavy (non-hydrogen) atoms. The molecule has 184 valence electrons. The normalized spacial score (nSPS) is 17.5. The summed E-state index contributed by atoms with van der Waals surface area (Å²) >= 11 is 1.96. The van der Waals surface area contributed by atoms with Crippen LogP contribution in [-0.4, -0.2) is 25.1 Å². The summed E-state index contributed by atoms with van der Waals surface area (Å²) in [6.07, 6.45) is 10.9. The van der Waals surface area contributed by atoms with Gasteiger partial charge in [-0.15, -0.1) is 11.3 Å². The number of fused-ring (bicyclic) bond motifs is 1. The van der Waals surface area contributed by atoms with Crippen molar-refractivity contribution in [3.05, 3.63) is 33.8 Å². The van der Waals surface area contributed by atoms with E-state index in [1.54, 1.807) is 7.05 Å². The molecule has 6 heteroatoms. The molecular weight excluding hydrogens is 426 g/mol. The molecule has 1 fully saturated rings. The van der Waals surface area contributed by atoms with Gasteiger partial charge in [-0.05, 0) is 75.0 Å². The molecule has 4 rings (SSSR count). The Morgan fingerprint density at radius 3 is 2.48 bits per heavy atom. The maximum atomic E-state index is 5.44. The van der Waals surface area contributed by atoms with E-state index in [4.69, 9.17) is 4.98 Å². The van der Waals surface area contributed by atoms with Gasteiger partial charge in [-0.25, -0.2) is 4.98 Å². The second kappa shape index (κ2) is 12.0. The Hall–Kier alpha value is -1.95. The highest BCUT2D eigenvalue weighted by atomic mass is 32.1. The molecule has 1 aliphatic carbocycles. The Labute approximate surface area is 206 Å². The molecule has 0 saturated carbocycles. The molecule has 0 radical (unpaired) electrons. The van der Waals surface area contributed by atoms with Gasteiger partial charge in [0, 0.05) is 41.1 Å². The molecule has 1 N–H and O–H groups in total. The van der Waals surface area contributed by atoms with Crippen molar-refractivity contribution in [3.63, 3.8) is 0 Å². The van der Waals surface area contributed by atoms with Crippen molar-refractivity contribution < 1.29 is 1.43 Å². The van der Waals surface area contributed by atoms with Gasteiger partial charge < -0.3 is 4.90 Å². The van der Waals surface area contributed by atoms with E-state index >= 15 is 0 Å². The van der Waals surface area contributed by atoms with Crippen LogP contribution >= 0.6 is 11.3 Å². The zero-order valence-electron chi connectivity index (χ0n) is 20.3. The van der Waals surface area contributed by atoms with Crippen LogP contribution in [0.2, 0.25) is 0 Å². The smallest absolute Gasteiger partial charge is 0.134 e. The summed E-state index contributed by atoms with van der Waals surface area (Å²) in [5, 5.41) is 8.31. The van der Waals surface area contributed by atoms with E-state index in [-0.39, 0.29) is 14.9 Å². The van der Waals surface area contributed by atoms with Gasteiger partial charge in [-0.1, -0.05) is 39.8 Å². The topological polar surface area (TPSA) is 52.9 Å². The van der Waals surface area contributed by atoms with Crippen LogP contribution in [0.15, 0.2) is 22.5 Å². The number of hydrogen-bond acceptors (Lipinski definition) is 5. The molecular formula is C27H45N5S. The van der Waals surface area contributed by atoms with E-state index in [0.29, 0.717) is 5.92 Å². The minimum absolute atomic E-state index is 0. The maximum absolute atomic E-state index is 5.44. The summed E-state index contributed by atoms with van der Waals surface area (Å²) in [5.74, 6) is 1.57. The molecule has 2 aromatic rings. The quantitative estimate of drug-likeness (QED) is 0.255. The van der Waals surface area contributed by atoms with Crippen LogP contribution in [0.3, 0.4) is 0 Å². The molecule has 1 unspecified atom stereocenters. The Morgan fingerprint density at radius 2 is 1.82 bits per heavy atom. The molecule has 0 aromatic carbocycles. The number of hydrogen-bond donors (Lipinski definition) is 1. The van der Waals surface area contributed by atoms with Crippen molar-refractivity contribution in [1.29, 1.82) is 0 Å². The van der Waals surface area contributed by atoms with E-state index < -0.39 is 0 Å². The van der Waals surface area contributed by atoms with E-state index in [9.17, 15) is 0 Å². The zero-order chi connectivity index (χ0) is 22.5. The Morgan fingerprint density at radius 1 is 1.09 bits per heavy atom. The van der Waals surface area contributed by atoms with Crippen LogP contribution in [0.1, 0.15) is 95.9 Å². The summed E-state index contributed by atoms with van der Waals surface area (Å²) in [7, 11) is 1.74. The number of aryl methyl sites for hydroxylation is 2. The number of nitrogens with zero attached hydrogens (tertiary/aromatic N) is 4. The summed E-state index contributed by atoms with van der Waals surface area (Å²) in [4.78, 5) is 10.8. The number of anilines is 1. The average molecular weight is 472 g/mol. The molecule has 0 spiro atoms. The Kier molecular flexibility index (Phi) is 9.30. The first-order valence-corrected chi connectivity index (χ1v) is 13.4. The fraction of sp³-hybridized carbons (Fsp3) is 0.667. The highest BCUT2D eigenvalue weighted by Gasteiger charge is 2.32. The van der Waals surface area contributed by atoms with Crippen LogP contribution in [-0.2, 0) is 19.3 Å². The third-order valence-electron chi connectivity index (χ3n) is 6.93. The summed E-state index contributed by atoms with van der Waals surface area (Å²) < 4.78 is 0. The number of aromatic nitrogens is 1. The number of rotatable bonds is 7. The van der Waals surface area contributed by atoms with Crippen LogP contribution in [0.4, 0.5) is 5.82 Å². The van der Waals surface area contributed by atoms with Gasteiger partial charge in [0.05, 0.1) is 13.1 Å². The minimum Gasteiger partial charge on any atom is -0.356 e. The van der Waals surface area contributed by atoms with Crippen molar-refractivity contribution in [1.82, 2.24) is 10.4 Å². The number of nitrogens with one attached hydrogen (secondary N) is 1. The first-order chi connectivity index (χ1) is 15.6. The van der Waals surface area contributed by atoms with Gasteiger partial charge in [0.15, 0.2) is 0 Å². The standard InChI is InChI=1S/C26H39N5S.CH4.H2/c1-5-19-14-15-22(32-19)23-20-12-8-6-9-13-21(20)28-26(31-16-10-7-11-17-31)24(23)25(18(2)3)29-30-27-4;;/h14-15,18,25H,5-13,16-17H2,1-4H3,(H,27,29);1H4;1H. The first-order valence-electron chi connectivity index (χ1n) is 12.6. The van der Waals surface area contributed by atoms with E-state index in [0.717, 1.165) is 32.4 Å². The van der Waals surface area contributed by atoms with E-state index in [1.807, 2.05) is 11.3 Å². The zero-order valence-corrected chi connectivity index (χ0v) is 21.1. The first kappa shape index (κ1) is 25.7. The largest absolute Gasteiger partial charge is 0.356 e.